The summed E-state index contributed by atoms with van der Waals surface area (Å²) in [5.41, 5.74) is 2.12. The number of rotatable bonds is 4. The molecule has 0 atom stereocenters. The van der Waals surface area contributed by atoms with Gasteiger partial charge in [0.05, 0.1) is 11.6 Å². The molecule has 0 radical (unpaired) electrons. The molecule has 0 aliphatic carbocycles. The molecule has 1 aromatic heterocycles. The van der Waals surface area contributed by atoms with Gasteiger partial charge in [0.25, 0.3) is 0 Å². The second-order valence-corrected chi connectivity index (χ2v) is 2.95. The number of nitrogens with zero attached hydrogens (tertiary/aromatic N) is 3. The van der Waals surface area contributed by atoms with E-state index in [2.05, 4.69) is 24.2 Å². The quantitative estimate of drug-likeness (QED) is 0.675. The van der Waals surface area contributed by atoms with E-state index in [1.807, 2.05) is 4.68 Å². The van der Waals surface area contributed by atoms with Gasteiger partial charge < -0.3 is 0 Å². The van der Waals surface area contributed by atoms with Gasteiger partial charge in [0.1, 0.15) is 5.69 Å². The molecule has 12 heavy (non-hydrogen) atoms. The summed E-state index contributed by atoms with van der Waals surface area (Å²) in [6.07, 6.45) is 2.13. The number of hydrogen-bond acceptors (Lipinski definition) is 2. The Morgan fingerprint density at radius 2 is 2.17 bits per heavy atom. The average Bonchev–Trinajstić information content (AvgIpc) is 2.48. The van der Waals surface area contributed by atoms with E-state index in [-0.39, 0.29) is 0 Å². The highest BCUT2D eigenvalue weighted by molar-refractivity contribution is 6.16. The van der Waals surface area contributed by atoms with Crippen molar-refractivity contribution in [3.05, 3.63) is 11.4 Å². The molecule has 1 heterocycles. The minimum absolute atomic E-state index is 0.468. The summed E-state index contributed by atoms with van der Waals surface area (Å²) >= 11 is 5.72. The van der Waals surface area contributed by atoms with Crippen molar-refractivity contribution in [2.75, 3.05) is 0 Å². The van der Waals surface area contributed by atoms with Gasteiger partial charge in [0.15, 0.2) is 0 Å². The molecular weight excluding hydrogens is 174 g/mol. The molecule has 1 rings (SSSR count). The molecule has 0 saturated carbocycles. The molecule has 0 unspecified atom stereocenters. The van der Waals surface area contributed by atoms with Gasteiger partial charge in [-0.15, -0.1) is 16.7 Å². The molecule has 0 aliphatic heterocycles. The molecule has 0 fully saturated rings. The van der Waals surface area contributed by atoms with Crippen LogP contribution in [0.2, 0.25) is 0 Å². The first-order chi connectivity index (χ1) is 5.83. The van der Waals surface area contributed by atoms with Crippen LogP contribution in [0.4, 0.5) is 0 Å². The third-order valence-electron chi connectivity index (χ3n) is 1.83. The van der Waals surface area contributed by atoms with Crippen molar-refractivity contribution in [3.63, 3.8) is 0 Å². The van der Waals surface area contributed by atoms with Crippen molar-refractivity contribution in [1.29, 1.82) is 0 Å². The average molecular weight is 188 g/mol. The number of alkyl halides is 1. The van der Waals surface area contributed by atoms with Crippen LogP contribution in [0.25, 0.3) is 0 Å². The lowest BCUT2D eigenvalue weighted by Crippen LogP contribution is -2.03. The number of aryl methyl sites for hydroxylation is 1. The van der Waals surface area contributed by atoms with Crippen LogP contribution in [0.3, 0.4) is 0 Å². The summed E-state index contributed by atoms with van der Waals surface area (Å²) in [6, 6.07) is 0. The fraction of sp³-hybridized carbons (Fsp3) is 0.750. The molecule has 0 aliphatic rings. The maximum atomic E-state index is 5.72. The monoisotopic (exact) mass is 187 g/mol. The summed E-state index contributed by atoms with van der Waals surface area (Å²) in [5, 5.41) is 8.01. The third-order valence-corrected chi connectivity index (χ3v) is 2.08. The lowest BCUT2D eigenvalue weighted by molar-refractivity contribution is 0.593. The van der Waals surface area contributed by atoms with Crippen LogP contribution in [0.15, 0.2) is 0 Å². The van der Waals surface area contributed by atoms with Gasteiger partial charge in [-0.05, 0) is 13.3 Å². The van der Waals surface area contributed by atoms with Gasteiger partial charge >= 0.3 is 0 Å². The Kier molecular flexibility index (Phi) is 3.53. The first kappa shape index (κ1) is 9.52. The second kappa shape index (κ2) is 4.45. The molecule has 3 nitrogen and oxygen atoms in total. The lowest BCUT2D eigenvalue weighted by atomic mass is 10.2. The molecule has 68 valence electrons. The fourth-order valence-corrected chi connectivity index (χ4v) is 1.44. The first-order valence-electron chi connectivity index (χ1n) is 4.30. The fourth-order valence-electron chi connectivity index (χ4n) is 1.24. The van der Waals surface area contributed by atoms with E-state index in [4.69, 9.17) is 11.6 Å². The molecule has 1 aromatic rings. The van der Waals surface area contributed by atoms with E-state index in [0.717, 1.165) is 25.1 Å². The first-order valence-corrected chi connectivity index (χ1v) is 4.84. The summed E-state index contributed by atoms with van der Waals surface area (Å²) in [4.78, 5) is 0. The maximum absolute atomic E-state index is 5.72. The zero-order chi connectivity index (χ0) is 8.97. The van der Waals surface area contributed by atoms with E-state index >= 15 is 0 Å². The SMILES string of the molecule is CCCc1c(CCl)nnn1CC. The highest BCUT2D eigenvalue weighted by Gasteiger charge is 2.08. The van der Waals surface area contributed by atoms with Crippen molar-refractivity contribution in [2.24, 2.45) is 0 Å². The van der Waals surface area contributed by atoms with Crippen molar-refractivity contribution in [2.45, 2.75) is 39.1 Å². The minimum atomic E-state index is 0.468. The van der Waals surface area contributed by atoms with Gasteiger partial charge in [-0.1, -0.05) is 18.6 Å². The lowest BCUT2D eigenvalue weighted by Gasteiger charge is -2.01. The summed E-state index contributed by atoms with van der Waals surface area (Å²) in [5.74, 6) is 0.468. The summed E-state index contributed by atoms with van der Waals surface area (Å²) in [7, 11) is 0. The highest BCUT2D eigenvalue weighted by atomic mass is 35.5. The summed E-state index contributed by atoms with van der Waals surface area (Å²) < 4.78 is 1.92. The molecule has 0 amide bonds. The predicted octanol–water partition coefficient (Wildman–Crippen LogP) is 1.99. The second-order valence-electron chi connectivity index (χ2n) is 2.68. The van der Waals surface area contributed by atoms with Crippen LogP contribution in [0.5, 0.6) is 0 Å². The Bertz CT molecular complexity index is 223. The Hall–Kier alpha value is -0.570. The highest BCUT2D eigenvalue weighted by Crippen LogP contribution is 2.10. The van der Waals surface area contributed by atoms with E-state index in [1.165, 1.54) is 5.69 Å². The number of hydrogen-bond donors (Lipinski definition) is 0. The van der Waals surface area contributed by atoms with Crippen molar-refractivity contribution >= 4 is 11.6 Å². The maximum Gasteiger partial charge on any atom is 0.101 e. The van der Waals surface area contributed by atoms with Crippen LogP contribution in [-0.2, 0) is 18.8 Å². The Labute approximate surface area is 77.7 Å². The van der Waals surface area contributed by atoms with Crippen LogP contribution < -0.4 is 0 Å². The number of aromatic nitrogens is 3. The molecular formula is C8H14ClN3. The van der Waals surface area contributed by atoms with Gasteiger partial charge in [0.2, 0.25) is 0 Å². The molecule has 0 bridgehead atoms. The van der Waals surface area contributed by atoms with E-state index in [9.17, 15) is 0 Å². The topological polar surface area (TPSA) is 30.7 Å². The molecule has 0 N–H and O–H groups in total. The van der Waals surface area contributed by atoms with Crippen molar-refractivity contribution in [1.82, 2.24) is 15.0 Å². The van der Waals surface area contributed by atoms with E-state index in [0.29, 0.717) is 5.88 Å². The minimum Gasteiger partial charge on any atom is -0.249 e. The van der Waals surface area contributed by atoms with E-state index < -0.39 is 0 Å². The summed E-state index contributed by atoms with van der Waals surface area (Å²) in [6.45, 7) is 5.08. The van der Waals surface area contributed by atoms with Crippen LogP contribution in [-0.4, -0.2) is 15.0 Å². The van der Waals surface area contributed by atoms with Gasteiger partial charge in [-0.3, -0.25) is 0 Å². The Morgan fingerprint density at radius 3 is 2.67 bits per heavy atom. The van der Waals surface area contributed by atoms with Gasteiger partial charge in [0, 0.05) is 6.54 Å². The normalized spacial score (nSPS) is 10.6. The Balaban J connectivity index is 2.90. The smallest absolute Gasteiger partial charge is 0.101 e. The third kappa shape index (κ3) is 1.78. The molecule has 0 saturated heterocycles. The molecule has 0 aromatic carbocycles. The van der Waals surface area contributed by atoms with Crippen LogP contribution in [0.1, 0.15) is 31.7 Å². The molecule has 0 spiro atoms. The van der Waals surface area contributed by atoms with Gasteiger partial charge in [-0.25, -0.2) is 4.68 Å². The zero-order valence-corrected chi connectivity index (χ0v) is 8.30. The van der Waals surface area contributed by atoms with Crippen molar-refractivity contribution in [3.8, 4) is 0 Å². The van der Waals surface area contributed by atoms with Crippen LogP contribution in [0, 0.1) is 0 Å². The predicted molar refractivity (Wildman–Crippen MR) is 49.2 cm³/mol. The van der Waals surface area contributed by atoms with E-state index in [1.54, 1.807) is 0 Å². The standard InChI is InChI=1S/C8H14ClN3/c1-3-5-8-7(6-9)10-11-12(8)4-2/h3-6H2,1-2H3. The van der Waals surface area contributed by atoms with Crippen LogP contribution >= 0.6 is 11.6 Å². The van der Waals surface area contributed by atoms with Crippen molar-refractivity contribution < 1.29 is 0 Å². The molecule has 4 heteroatoms. The zero-order valence-electron chi connectivity index (χ0n) is 7.55. The van der Waals surface area contributed by atoms with Gasteiger partial charge in [-0.2, -0.15) is 0 Å². The Morgan fingerprint density at radius 1 is 1.42 bits per heavy atom. The number of halogens is 1. The largest absolute Gasteiger partial charge is 0.249 e.